The molecular formula is C13H17FO3. The van der Waals surface area contributed by atoms with Crippen molar-refractivity contribution in [2.45, 2.75) is 20.3 Å². The summed E-state index contributed by atoms with van der Waals surface area (Å²) >= 11 is 0. The average Bonchev–Trinajstić information content (AvgIpc) is 2.25. The maximum atomic E-state index is 13.2. The van der Waals surface area contributed by atoms with E-state index in [4.69, 9.17) is 9.84 Å². The van der Waals surface area contributed by atoms with Crippen LogP contribution in [0.5, 0.6) is 5.75 Å². The highest BCUT2D eigenvalue weighted by Crippen LogP contribution is 2.19. The van der Waals surface area contributed by atoms with Gasteiger partial charge in [0.25, 0.3) is 0 Å². The molecule has 0 aliphatic heterocycles. The van der Waals surface area contributed by atoms with E-state index >= 15 is 0 Å². The summed E-state index contributed by atoms with van der Waals surface area (Å²) in [4.78, 5) is 10.9. The third-order valence-electron chi connectivity index (χ3n) is 2.65. The Labute approximate surface area is 100 Å². The molecule has 1 aromatic carbocycles. The maximum Gasteiger partial charge on any atom is 0.306 e. The molecule has 0 heterocycles. The summed E-state index contributed by atoms with van der Waals surface area (Å²) in [5.74, 6) is -1.51. The predicted octanol–water partition coefficient (Wildman–Crippen LogP) is 2.95. The van der Waals surface area contributed by atoms with Crippen molar-refractivity contribution in [2.24, 2.45) is 11.8 Å². The van der Waals surface area contributed by atoms with Crippen molar-refractivity contribution in [3.8, 4) is 5.75 Å². The Morgan fingerprint density at radius 1 is 1.41 bits per heavy atom. The molecule has 4 heteroatoms. The molecule has 0 fully saturated rings. The summed E-state index contributed by atoms with van der Waals surface area (Å²) < 4.78 is 18.4. The molecule has 94 valence electrons. The van der Waals surface area contributed by atoms with Gasteiger partial charge in [0.05, 0.1) is 12.5 Å². The van der Waals surface area contributed by atoms with Gasteiger partial charge in [-0.25, -0.2) is 4.39 Å². The average molecular weight is 240 g/mol. The topological polar surface area (TPSA) is 46.5 Å². The lowest BCUT2D eigenvalue weighted by Gasteiger charge is -2.16. The lowest BCUT2D eigenvalue weighted by atomic mass is 9.93. The Morgan fingerprint density at radius 2 is 2.06 bits per heavy atom. The fraction of sp³-hybridized carbons (Fsp3) is 0.462. The first kappa shape index (κ1) is 13.5. The second-order valence-corrected chi connectivity index (χ2v) is 4.26. The quantitative estimate of drug-likeness (QED) is 0.831. The SMILES string of the molecule is CC(C)C(CCOc1ccccc1F)C(=O)O. The van der Waals surface area contributed by atoms with E-state index in [-0.39, 0.29) is 18.3 Å². The number of hydrogen-bond donors (Lipinski definition) is 1. The minimum absolute atomic E-state index is 0.0386. The summed E-state index contributed by atoms with van der Waals surface area (Å²) in [5, 5.41) is 8.97. The van der Waals surface area contributed by atoms with Crippen LogP contribution in [0.3, 0.4) is 0 Å². The Balaban J connectivity index is 2.47. The molecule has 3 nitrogen and oxygen atoms in total. The summed E-state index contributed by atoms with van der Waals surface area (Å²) in [6, 6.07) is 6.10. The molecule has 0 radical (unpaired) electrons. The first-order valence-electron chi connectivity index (χ1n) is 5.62. The number of ether oxygens (including phenoxy) is 1. The van der Waals surface area contributed by atoms with Gasteiger partial charge in [-0.2, -0.15) is 0 Å². The lowest BCUT2D eigenvalue weighted by molar-refractivity contribution is -0.143. The van der Waals surface area contributed by atoms with Gasteiger partial charge in [-0.1, -0.05) is 26.0 Å². The molecule has 0 saturated carbocycles. The van der Waals surface area contributed by atoms with E-state index in [1.807, 2.05) is 13.8 Å². The molecule has 0 aliphatic rings. The highest BCUT2D eigenvalue weighted by molar-refractivity contribution is 5.70. The zero-order valence-electron chi connectivity index (χ0n) is 10.0. The van der Waals surface area contributed by atoms with Gasteiger partial charge in [-0.3, -0.25) is 4.79 Å². The molecule has 1 N–H and O–H groups in total. The van der Waals surface area contributed by atoms with Crippen LogP contribution in [0.25, 0.3) is 0 Å². The van der Waals surface area contributed by atoms with Crippen molar-refractivity contribution >= 4 is 5.97 Å². The number of carboxylic acids is 1. The van der Waals surface area contributed by atoms with E-state index in [2.05, 4.69) is 0 Å². The lowest BCUT2D eigenvalue weighted by Crippen LogP contribution is -2.22. The van der Waals surface area contributed by atoms with Gasteiger partial charge in [0.15, 0.2) is 11.6 Å². The smallest absolute Gasteiger partial charge is 0.306 e. The van der Waals surface area contributed by atoms with Crippen LogP contribution in [-0.4, -0.2) is 17.7 Å². The molecular weight excluding hydrogens is 223 g/mol. The highest BCUT2D eigenvalue weighted by atomic mass is 19.1. The van der Waals surface area contributed by atoms with Gasteiger partial charge in [-0.05, 0) is 24.5 Å². The van der Waals surface area contributed by atoms with E-state index < -0.39 is 17.7 Å². The molecule has 1 atom stereocenters. The minimum Gasteiger partial charge on any atom is -0.490 e. The number of aliphatic carboxylic acids is 1. The predicted molar refractivity (Wildman–Crippen MR) is 62.5 cm³/mol. The van der Waals surface area contributed by atoms with E-state index in [9.17, 15) is 9.18 Å². The van der Waals surface area contributed by atoms with E-state index in [0.717, 1.165) is 0 Å². The molecule has 0 aliphatic carbocycles. The van der Waals surface area contributed by atoms with Gasteiger partial charge < -0.3 is 9.84 Å². The Morgan fingerprint density at radius 3 is 2.59 bits per heavy atom. The molecule has 17 heavy (non-hydrogen) atoms. The van der Waals surface area contributed by atoms with E-state index in [1.54, 1.807) is 12.1 Å². The summed E-state index contributed by atoms with van der Waals surface area (Å²) in [6.07, 6.45) is 0.376. The Kier molecular flexibility index (Phi) is 4.94. The van der Waals surface area contributed by atoms with Gasteiger partial charge in [0.2, 0.25) is 0 Å². The van der Waals surface area contributed by atoms with Gasteiger partial charge in [-0.15, -0.1) is 0 Å². The molecule has 0 spiro atoms. The van der Waals surface area contributed by atoms with Crippen molar-refractivity contribution in [3.63, 3.8) is 0 Å². The second-order valence-electron chi connectivity index (χ2n) is 4.26. The summed E-state index contributed by atoms with van der Waals surface area (Å²) in [5.41, 5.74) is 0. The summed E-state index contributed by atoms with van der Waals surface area (Å²) in [7, 11) is 0. The normalized spacial score (nSPS) is 12.5. The fourth-order valence-electron chi connectivity index (χ4n) is 1.60. The van der Waals surface area contributed by atoms with Crippen LogP contribution in [-0.2, 0) is 4.79 Å². The number of rotatable bonds is 6. The van der Waals surface area contributed by atoms with Crippen LogP contribution in [0, 0.1) is 17.7 Å². The molecule has 1 rings (SSSR count). The van der Waals surface area contributed by atoms with Crippen molar-refractivity contribution in [1.29, 1.82) is 0 Å². The van der Waals surface area contributed by atoms with Crippen LogP contribution in [0.1, 0.15) is 20.3 Å². The van der Waals surface area contributed by atoms with E-state index in [1.165, 1.54) is 12.1 Å². The van der Waals surface area contributed by atoms with Gasteiger partial charge >= 0.3 is 5.97 Å². The van der Waals surface area contributed by atoms with Crippen molar-refractivity contribution in [3.05, 3.63) is 30.1 Å². The number of hydrogen-bond acceptors (Lipinski definition) is 2. The van der Waals surface area contributed by atoms with Crippen LogP contribution in [0.15, 0.2) is 24.3 Å². The fourth-order valence-corrected chi connectivity index (χ4v) is 1.60. The first-order chi connectivity index (χ1) is 8.02. The third-order valence-corrected chi connectivity index (χ3v) is 2.65. The maximum absolute atomic E-state index is 13.2. The van der Waals surface area contributed by atoms with Crippen molar-refractivity contribution in [1.82, 2.24) is 0 Å². The molecule has 0 saturated heterocycles. The minimum atomic E-state index is -0.836. The molecule has 1 unspecified atom stereocenters. The van der Waals surface area contributed by atoms with Crippen LogP contribution < -0.4 is 4.74 Å². The molecule has 0 bridgehead atoms. The highest BCUT2D eigenvalue weighted by Gasteiger charge is 2.21. The second kappa shape index (κ2) is 6.23. The first-order valence-corrected chi connectivity index (χ1v) is 5.62. The monoisotopic (exact) mass is 240 g/mol. The summed E-state index contributed by atoms with van der Waals surface area (Å²) in [6.45, 7) is 3.90. The standard InChI is InChI=1S/C13H17FO3/c1-9(2)10(13(15)16)7-8-17-12-6-4-3-5-11(12)14/h3-6,9-10H,7-8H2,1-2H3,(H,15,16). The van der Waals surface area contributed by atoms with Crippen LogP contribution in [0.4, 0.5) is 4.39 Å². The van der Waals surface area contributed by atoms with E-state index in [0.29, 0.717) is 6.42 Å². The molecule has 0 amide bonds. The van der Waals surface area contributed by atoms with Crippen molar-refractivity contribution < 1.29 is 19.0 Å². The molecule has 1 aromatic rings. The zero-order valence-corrected chi connectivity index (χ0v) is 10.0. The zero-order chi connectivity index (χ0) is 12.8. The van der Waals surface area contributed by atoms with Gasteiger partial charge in [0, 0.05) is 0 Å². The number of carbonyl (C=O) groups is 1. The van der Waals surface area contributed by atoms with Crippen molar-refractivity contribution in [2.75, 3.05) is 6.61 Å². The largest absolute Gasteiger partial charge is 0.490 e. The Hall–Kier alpha value is -1.58. The number of carboxylic acid groups (broad SMARTS) is 1. The molecule has 0 aromatic heterocycles. The Bertz CT molecular complexity index is 377. The number of benzene rings is 1. The number of para-hydroxylation sites is 1. The van der Waals surface area contributed by atoms with Crippen LogP contribution in [0.2, 0.25) is 0 Å². The third kappa shape index (κ3) is 4.06. The number of halogens is 1. The van der Waals surface area contributed by atoms with Gasteiger partial charge in [0.1, 0.15) is 0 Å². The van der Waals surface area contributed by atoms with Crippen LogP contribution >= 0.6 is 0 Å².